The molecule has 6 rings (SSSR count). The van der Waals surface area contributed by atoms with Crippen LogP contribution in [0.1, 0.15) is 54.3 Å². The van der Waals surface area contributed by atoms with Crippen molar-refractivity contribution in [2.24, 2.45) is 5.41 Å². The number of ether oxygens (including phenoxy) is 2. The molecule has 0 spiro atoms. The van der Waals surface area contributed by atoms with Crippen LogP contribution in [0.5, 0.6) is 0 Å². The Balaban J connectivity index is 1.38. The van der Waals surface area contributed by atoms with E-state index in [-0.39, 0.29) is 23.4 Å². The van der Waals surface area contributed by atoms with E-state index in [1.165, 1.54) is 11.1 Å². The summed E-state index contributed by atoms with van der Waals surface area (Å²) in [6.45, 7) is 6.66. The van der Waals surface area contributed by atoms with Crippen molar-refractivity contribution < 1.29 is 18.7 Å². The minimum Gasteiger partial charge on any atom is -0.469 e. The molecule has 1 aliphatic heterocycles. The molecule has 1 saturated heterocycles. The Labute approximate surface area is 200 Å². The van der Waals surface area contributed by atoms with Crippen molar-refractivity contribution >= 4 is 16.7 Å². The third-order valence-electron chi connectivity index (χ3n) is 8.26. The quantitative estimate of drug-likeness (QED) is 0.375. The first kappa shape index (κ1) is 21.6. The maximum Gasteiger partial charge on any atom is 0.339 e. The van der Waals surface area contributed by atoms with Crippen molar-refractivity contribution in [2.45, 2.75) is 44.3 Å². The molecule has 2 aliphatic carbocycles. The molecule has 34 heavy (non-hydrogen) atoms. The highest BCUT2D eigenvalue weighted by molar-refractivity contribution is 6.04. The van der Waals surface area contributed by atoms with Crippen LogP contribution in [0.4, 0.5) is 0 Å². The molecule has 0 amide bonds. The Hall–Kier alpha value is -2.89. The van der Waals surface area contributed by atoms with Gasteiger partial charge in [-0.2, -0.15) is 0 Å². The smallest absolute Gasteiger partial charge is 0.339 e. The Morgan fingerprint density at radius 3 is 2.88 bits per heavy atom. The minimum absolute atomic E-state index is 0.260. The Morgan fingerprint density at radius 1 is 1.18 bits per heavy atom. The highest BCUT2D eigenvalue weighted by Crippen LogP contribution is 2.65. The Bertz CT molecular complexity index is 1290. The average molecular weight is 458 g/mol. The van der Waals surface area contributed by atoms with Gasteiger partial charge in [-0.05, 0) is 48.9 Å². The molecule has 3 aromatic rings. The number of fused-ring (bicyclic) bond motifs is 2. The summed E-state index contributed by atoms with van der Waals surface area (Å²) in [6, 6.07) is 15.8. The van der Waals surface area contributed by atoms with Gasteiger partial charge >= 0.3 is 5.97 Å². The SMILES string of the molecule is C[C@@H]1C[C@@]23CN(C)CCO[C@@]2(CC=C3[C@@H](C)OC(=O)c2cccc3ccccc23)c2ccoc21. The highest BCUT2D eigenvalue weighted by atomic mass is 16.5. The Morgan fingerprint density at radius 2 is 2.00 bits per heavy atom. The number of carbonyl (C=O) groups is 1. The summed E-state index contributed by atoms with van der Waals surface area (Å²) in [5.41, 5.74) is 2.21. The number of rotatable bonds is 3. The number of hydrogen-bond acceptors (Lipinski definition) is 5. The van der Waals surface area contributed by atoms with E-state index in [0.717, 1.165) is 42.5 Å². The summed E-state index contributed by atoms with van der Waals surface area (Å²) in [7, 11) is 2.16. The predicted molar refractivity (Wildman–Crippen MR) is 131 cm³/mol. The maximum atomic E-state index is 13.4. The van der Waals surface area contributed by atoms with Gasteiger partial charge in [0.15, 0.2) is 0 Å². The zero-order chi connectivity index (χ0) is 23.5. The van der Waals surface area contributed by atoms with Gasteiger partial charge in [0.2, 0.25) is 0 Å². The van der Waals surface area contributed by atoms with E-state index in [2.05, 4.69) is 31.0 Å². The molecule has 0 radical (unpaired) electrons. The fourth-order valence-corrected chi connectivity index (χ4v) is 6.90. The van der Waals surface area contributed by atoms with Crippen LogP contribution in [0.25, 0.3) is 10.8 Å². The molecule has 2 heterocycles. The third-order valence-corrected chi connectivity index (χ3v) is 8.26. The van der Waals surface area contributed by atoms with Crippen molar-refractivity contribution in [2.75, 3.05) is 26.7 Å². The molecule has 1 fully saturated rings. The number of likely N-dealkylation sites (N-methyl/N-ethyl adjacent to an activating group) is 1. The Kier molecular flexibility index (Phi) is 4.98. The molecule has 2 aromatic carbocycles. The fraction of sp³-hybridized carbons (Fsp3) is 0.414. The zero-order valence-electron chi connectivity index (χ0n) is 20.0. The van der Waals surface area contributed by atoms with Crippen LogP contribution in [0.2, 0.25) is 0 Å². The first-order chi connectivity index (χ1) is 16.4. The van der Waals surface area contributed by atoms with Crippen LogP contribution >= 0.6 is 0 Å². The van der Waals surface area contributed by atoms with Crippen LogP contribution in [-0.2, 0) is 15.1 Å². The van der Waals surface area contributed by atoms with E-state index in [9.17, 15) is 4.79 Å². The van der Waals surface area contributed by atoms with E-state index in [1.807, 2.05) is 49.4 Å². The molecular weight excluding hydrogens is 426 g/mol. The topological polar surface area (TPSA) is 51.9 Å². The van der Waals surface area contributed by atoms with Crippen LogP contribution in [0, 0.1) is 5.41 Å². The maximum absolute atomic E-state index is 13.4. The highest BCUT2D eigenvalue weighted by Gasteiger charge is 2.64. The molecule has 176 valence electrons. The van der Waals surface area contributed by atoms with Crippen molar-refractivity contribution in [3.63, 3.8) is 0 Å². The number of carbonyl (C=O) groups excluding carboxylic acids is 1. The second-order valence-corrected chi connectivity index (χ2v) is 10.2. The third kappa shape index (κ3) is 2.96. The largest absolute Gasteiger partial charge is 0.469 e. The lowest BCUT2D eigenvalue weighted by Crippen LogP contribution is -2.54. The second kappa shape index (κ2) is 7.82. The van der Waals surface area contributed by atoms with E-state index < -0.39 is 5.60 Å². The van der Waals surface area contributed by atoms with Crippen LogP contribution < -0.4 is 0 Å². The van der Waals surface area contributed by atoms with Crippen molar-refractivity contribution in [1.29, 1.82) is 0 Å². The molecular formula is C29H31NO4. The van der Waals surface area contributed by atoms with Gasteiger partial charge in [-0.1, -0.05) is 49.4 Å². The summed E-state index contributed by atoms with van der Waals surface area (Å²) < 4.78 is 18.9. The molecule has 0 N–H and O–H groups in total. The fourth-order valence-electron chi connectivity index (χ4n) is 6.90. The molecule has 4 atom stereocenters. The lowest BCUT2D eigenvalue weighted by molar-refractivity contribution is -0.121. The van der Waals surface area contributed by atoms with E-state index >= 15 is 0 Å². The summed E-state index contributed by atoms with van der Waals surface area (Å²) in [4.78, 5) is 15.7. The zero-order valence-corrected chi connectivity index (χ0v) is 20.0. The molecule has 1 aromatic heterocycles. The van der Waals surface area contributed by atoms with E-state index in [4.69, 9.17) is 13.9 Å². The van der Waals surface area contributed by atoms with Crippen LogP contribution in [-0.4, -0.2) is 43.7 Å². The van der Waals surface area contributed by atoms with Crippen molar-refractivity contribution in [3.8, 4) is 0 Å². The lowest BCUT2D eigenvalue weighted by atomic mass is 9.58. The molecule has 0 saturated carbocycles. The lowest BCUT2D eigenvalue weighted by Gasteiger charge is -2.52. The van der Waals surface area contributed by atoms with Gasteiger partial charge in [-0.3, -0.25) is 0 Å². The molecule has 0 bridgehead atoms. The van der Waals surface area contributed by atoms with Gasteiger partial charge in [-0.25, -0.2) is 4.79 Å². The molecule has 0 unspecified atom stereocenters. The van der Waals surface area contributed by atoms with Gasteiger partial charge in [0, 0.05) is 36.4 Å². The van der Waals surface area contributed by atoms with Crippen LogP contribution in [0.15, 0.2) is 70.9 Å². The summed E-state index contributed by atoms with van der Waals surface area (Å²) in [6.07, 6.45) is 5.39. The van der Waals surface area contributed by atoms with Crippen LogP contribution in [0.3, 0.4) is 0 Å². The van der Waals surface area contributed by atoms with Gasteiger partial charge in [0.05, 0.1) is 18.4 Å². The van der Waals surface area contributed by atoms with Gasteiger partial charge in [-0.15, -0.1) is 0 Å². The molecule has 5 heteroatoms. The number of furan rings is 1. The van der Waals surface area contributed by atoms with E-state index in [0.29, 0.717) is 12.2 Å². The number of benzene rings is 2. The molecule has 3 aliphatic rings. The number of nitrogens with zero attached hydrogens (tertiary/aromatic N) is 1. The first-order valence-corrected chi connectivity index (χ1v) is 12.2. The summed E-state index contributed by atoms with van der Waals surface area (Å²) >= 11 is 0. The normalized spacial score (nSPS) is 29.5. The number of esters is 1. The summed E-state index contributed by atoms with van der Waals surface area (Å²) in [5, 5.41) is 1.96. The second-order valence-electron chi connectivity index (χ2n) is 10.2. The standard InChI is InChI=1S/C29H31NO4/c1-19-17-28-18-30(3)14-16-33-29(28,25-12-15-32-26(19)25)13-11-24(28)20(2)34-27(31)23-10-6-8-21-7-4-5-9-22(21)23/h4-12,15,19-20H,13-14,16-18H2,1-3H3/t19-,20-,28+,29+/m1/s1. The first-order valence-electron chi connectivity index (χ1n) is 12.2. The number of hydrogen-bond donors (Lipinski definition) is 0. The van der Waals surface area contributed by atoms with Gasteiger partial charge < -0.3 is 18.8 Å². The summed E-state index contributed by atoms with van der Waals surface area (Å²) in [5.74, 6) is 1.01. The monoisotopic (exact) mass is 457 g/mol. The van der Waals surface area contributed by atoms with Crippen molar-refractivity contribution in [1.82, 2.24) is 4.90 Å². The average Bonchev–Trinajstić information content (AvgIpc) is 3.40. The van der Waals surface area contributed by atoms with Gasteiger partial charge in [0.1, 0.15) is 17.5 Å². The van der Waals surface area contributed by atoms with Gasteiger partial charge in [0.25, 0.3) is 0 Å². The van der Waals surface area contributed by atoms with E-state index in [1.54, 1.807) is 6.26 Å². The minimum atomic E-state index is -0.470. The van der Waals surface area contributed by atoms with Crippen molar-refractivity contribution in [3.05, 3.63) is 83.3 Å². The predicted octanol–water partition coefficient (Wildman–Crippen LogP) is 5.66. The molecule has 5 nitrogen and oxygen atoms in total.